The van der Waals surface area contributed by atoms with Crippen LogP contribution < -0.4 is 5.32 Å². The second-order valence-electron chi connectivity index (χ2n) is 6.83. The molecular weight excluding hydrogens is 352 g/mol. The SMILES string of the molecule is C=Cn1ncc(C(=O)Nc2cc(C3CC3)nn2-c2ccc(C)cc2)c1N=CC. The van der Waals surface area contributed by atoms with Crippen molar-refractivity contribution in [3.05, 3.63) is 59.9 Å². The van der Waals surface area contributed by atoms with Crippen molar-refractivity contribution >= 4 is 30.0 Å². The molecule has 142 valence electrons. The zero-order valence-corrected chi connectivity index (χ0v) is 16.0. The summed E-state index contributed by atoms with van der Waals surface area (Å²) in [5.74, 6) is 1.27. The van der Waals surface area contributed by atoms with Crippen molar-refractivity contribution in [3.8, 4) is 5.69 Å². The quantitative estimate of drug-likeness (QED) is 0.653. The van der Waals surface area contributed by atoms with Gasteiger partial charge in [-0.1, -0.05) is 24.3 Å². The summed E-state index contributed by atoms with van der Waals surface area (Å²) in [5.41, 5.74) is 3.45. The lowest BCUT2D eigenvalue weighted by molar-refractivity contribution is 0.102. The first kappa shape index (κ1) is 17.9. The first-order chi connectivity index (χ1) is 13.6. The molecule has 0 bridgehead atoms. The fourth-order valence-electron chi connectivity index (χ4n) is 3.03. The molecular formula is C21H22N6O. The van der Waals surface area contributed by atoms with Crippen LogP contribution in [0.15, 0.2) is 48.1 Å². The van der Waals surface area contributed by atoms with Gasteiger partial charge in [0.2, 0.25) is 0 Å². The van der Waals surface area contributed by atoms with Crippen molar-refractivity contribution in [1.29, 1.82) is 0 Å². The van der Waals surface area contributed by atoms with Crippen molar-refractivity contribution in [2.45, 2.75) is 32.6 Å². The molecule has 28 heavy (non-hydrogen) atoms. The smallest absolute Gasteiger partial charge is 0.262 e. The Balaban J connectivity index is 1.69. The third-order valence-corrected chi connectivity index (χ3v) is 4.68. The zero-order chi connectivity index (χ0) is 19.7. The molecule has 0 spiro atoms. The summed E-state index contributed by atoms with van der Waals surface area (Å²) in [4.78, 5) is 17.2. The Morgan fingerprint density at radius 1 is 1.32 bits per heavy atom. The van der Waals surface area contributed by atoms with E-state index < -0.39 is 0 Å². The number of aliphatic imine (C=N–C) groups is 1. The van der Waals surface area contributed by atoms with Gasteiger partial charge >= 0.3 is 0 Å². The number of benzene rings is 1. The van der Waals surface area contributed by atoms with E-state index in [2.05, 4.69) is 22.0 Å². The van der Waals surface area contributed by atoms with Crippen LogP contribution in [0.1, 0.15) is 47.3 Å². The van der Waals surface area contributed by atoms with Crippen LogP contribution in [0.2, 0.25) is 0 Å². The van der Waals surface area contributed by atoms with Crippen LogP contribution in [-0.2, 0) is 0 Å². The lowest BCUT2D eigenvalue weighted by atomic mass is 10.2. The molecule has 0 saturated heterocycles. The van der Waals surface area contributed by atoms with Gasteiger partial charge in [0.15, 0.2) is 5.82 Å². The largest absolute Gasteiger partial charge is 0.306 e. The van der Waals surface area contributed by atoms with Gasteiger partial charge in [-0.25, -0.2) is 14.4 Å². The van der Waals surface area contributed by atoms with E-state index in [9.17, 15) is 4.79 Å². The first-order valence-electron chi connectivity index (χ1n) is 9.27. The minimum absolute atomic E-state index is 0.288. The summed E-state index contributed by atoms with van der Waals surface area (Å²) < 4.78 is 3.26. The van der Waals surface area contributed by atoms with E-state index in [1.807, 2.05) is 37.3 Å². The summed E-state index contributed by atoms with van der Waals surface area (Å²) in [6.07, 6.45) is 6.91. The van der Waals surface area contributed by atoms with Gasteiger partial charge < -0.3 is 5.32 Å². The van der Waals surface area contributed by atoms with Crippen molar-refractivity contribution in [2.24, 2.45) is 4.99 Å². The number of aromatic nitrogens is 4. The molecule has 1 aromatic carbocycles. The van der Waals surface area contributed by atoms with E-state index in [1.54, 1.807) is 17.8 Å². The third-order valence-electron chi connectivity index (χ3n) is 4.68. The highest BCUT2D eigenvalue weighted by atomic mass is 16.1. The first-order valence-corrected chi connectivity index (χ1v) is 9.27. The van der Waals surface area contributed by atoms with Crippen molar-refractivity contribution in [2.75, 3.05) is 5.32 Å². The molecule has 2 heterocycles. The number of carbonyl (C=O) groups excluding carboxylic acids is 1. The van der Waals surface area contributed by atoms with E-state index in [0.717, 1.165) is 24.2 Å². The molecule has 0 atom stereocenters. The van der Waals surface area contributed by atoms with Gasteiger partial charge in [-0.3, -0.25) is 4.79 Å². The highest BCUT2D eigenvalue weighted by Crippen LogP contribution is 2.40. The van der Waals surface area contributed by atoms with Gasteiger partial charge in [0.25, 0.3) is 5.91 Å². The van der Waals surface area contributed by atoms with Gasteiger partial charge in [0.05, 0.1) is 17.6 Å². The van der Waals surface area contributed by atoms with E-state index in [1.165, 1.54) is 22.6 Å². The normalized spacial score (nSPS) is 13.8. The average Bonchev–Trinajstić information content (AvgIpc) is 3.34. The Labute approximate surface area is 163 Å². The summed E-state index contributed by atoms with van der Waals surface area (Å²) in [7, 11) is 0. The molecule has 7 heteroatoms. The van der Waals surface area contributed by atoms with Crippen LogP contribution in [0.4, 0.5) is 11.6 Å². The van der Waals surface area contributed by atoms with Gasteiger partial charge in [-0.15, -0.1) is 0 Å². The van der Waals surface area contributed by atoms with Crippen LogP contribution >= 0.6 is 0 Å². The topological polar surface area (TPSA) is 77.1 Å². The van der Waals surface area contributed by atoms with Crippen LogP contribution in [0.3, 0.4) is 0 Å². The highest BCUT2D eigenvalue weighted by Gasteiger charge is 2.28. The second kappa shape index (κ2) is 7.26. The monoisotopic (exact) mass is 374 g/mol. The van der Waals surface area contributed by atoms with Crippen LogP contribution in [0, 0.1) is 6.92 Å². The molecule has 2 aromatic heterocycles. The summed E-state index contributed by atoms with van der Waals surface area (Å²) in [5, 5.41) is 11.9. The summed E-state index contributed by atoms with van der Waals surface area (Å²) >= 11 is 0. The molecule has 4 rings (SSSR count). The van der Waals surface area contributed by atoms with Crippen LogP contribution in [0.25, 0.3) is 11.9 Å². The number of carbonyl (C=O) groups is 1. The second-order valence-corrected chi connectivity index (χ2v) is 6.83. The van der Waals surface area contributed by atoms with Crippen molar-refractivity contribution in [3.63, 3.8) is 0 Å². The minimum Gasteiger partial charge on any atom is -0.306 e. The Morgan fingerprint density at radius 2 is 2.07 bits per heavy atom. The lowest BCUT2D eigenvalue weighted by Crippen LogP contribution is -2.15. The average molecular weight is 374 g/mol. The number of anilines is 1. The van der Waals surface area contributed by atoms with Crippen LogP contribution in [0.5, 0.6) is 0 Å². The maximum atomic E-state index is 13.0. The molecule has 1 aliphatic rings. The maximum absolute atomic E-state index is 13.0. The minimum atomic E-state index is -0.288. The number of nitrogens with zero attached hydrogens (tertiary/aromatic N) is 5. The van der Waals surface area contributed by atoms with Gasteiger partial charge in [-0.05, 0) is 38.8 Å². The van der Waals surface area contributed by atoms with E-state index >= 15 is 0 Å². The number of hydrogen-bond acceptors (Lipinski definition) is 4. The number of nitrogens with one attached hydrogen (secondary N) is 1. The Bertz CT molecular complexity index is 1050. The Kier molecular flexibility index (Phi) is 4.65. The molecule has 1 N–H and O–H groups in total. The molecule has 7 nitrogen and oxygen atoms in total. The molecule has 0 aliphatic heterocycles. The number of hydrogen-bond donors (Lipinski definition) is 1. The number of aryl methyl sites for hydroxylation is 1. The number of rotatable bonds is 6. The predicted octanol–water partition coefficient (Wildman–Crippen LogP) is 4.33. The molecule has 0 radical (unpaired) electrons. The van der Waals surface area contributed by atoms with Crippen molar-refractivity contribution < 1.29 is 4.79 Å². The molecule has 1 aliphatic carbocycles. The predicted molar refractivity (Wildman–Crippen MR) is 111 cm³/mol. The third kappa shape index (κ3) is 3.38. The summed E-state index contributed by atoms with van der Waals surface area (Å²) in [6.45, 7) is 7.53. The number of amides is 1. The Hall–Kier alpha value is -3.48. The fourth-order valence-corrected chi connectivity index (χ4v) is 3.03. The molecule has 1 saturated carbocycles. The van der Waals surface area contributed by atoms with E-state index in [4.69, 9.17) is 5.10 Å². The standard InChI is InChI=1S/C21H22N6O/c1-4-22-20-17(13-23-26(20)5-2)21(28)24-19-12-18(15-8-9-15)25-27(19)16-10-6-14(3)7-11-16/h4-7,10-13,15H,2,8-9H2,1,3H3,(H,24,28). The molecule has 1 fully saturated rings. The van der Waals surface area contributed by atoms with E-state index in [0.29, 0.717) is 23.1 Å². The molecule has 0 unspecified atom stereocenters. The Morgan fingerprint density at radius 3 is 2.71 bits per heavy atom. The molecule has 3 aromatic rings. The molecule has 1 amide bonds. The zero-order valence-electron chi connectivity index (χ0n) is 16.0. The van der Waals surface area contributed by atoms with Crippen LogP contribution in [-0.4, -0.2) is 31.7 Å². The fraction of sp³-hybridized carbons (Fsp3) is 0.238. The van der Waals surface area contributed by atoms with Crippen molar-refractivity contribution in [1.82, 2.24) is 19.6 Å². The van der Waals surface area contributed by atoms with Gasteiger partial charge in [0.1, 0.15) is 11.4 Å². The summed E-state index contributed by atoms with van der Waals surface area (Å²) in [6, 6.07) is 10.0. The van der Waals surface area contributed by atoms with E-state index in [-0.39, 0.29) is 5.91 Å². The highest BCUT2D eigenvalue weighted by molar-refractivity contribution is 6.07. The maximum Gasteiger partial charge on any atom is 0.262 e. The van der Waals surface area contributed by atoms with Gasteiger partial charge in [0, 0.05) is 24.4 Å². The van der Waals surface area contributed by atoms with Gasteiger partial charge in [-0.2, -0.15) is 10.2 Å². The lowest BCUT2D eigenvalue weighted by Gasteiger charge is -2.09.